The molecular weight excluding hydrogens is 254 g/mol. The van der Waals surface area contributed by atoms with E-state index in [0.29, 0.717) is 12.8 Å². The van der Waals surface area contributed by atoms with Crippen molar-refractivity contribution in [2.45, 2.75) is 38.6 Å². The zero-order valence-corrected chi connectivity index (χ0v) is 11.3. The number of nitrogens with zero attached hydrogens (tertiary/aromatic N) is 1. The van der Waals surface area contributed by atoms with E-state index in [1.165, 1.54) is 7.11 Å². The van der Waals surface area contributed by atoms with Crippen LogP contribution in [-0.2, 0) is 19.1 Å². The number of unbranched alkanes of at least 4 members (excludes halogenated alkanes) is 1. The number of hydrogen-bond acceptors (Lipinski definition) is 4. The Balaban J connectivity index is 4.86. The van der Waals surface area contributed by atoms with Crippen LogP contribution in [0.1, 0.15) is 32.6 Å². The molecule has 0 fully saturated rings. The molecule has 1 amide bonds. The quantitative estimate of drug-likeness (QED) is 0.604. The molecule has 7 heteroatoms. The smallest absolute Gasteiger partial charge is 0.326 e. The van der Waals surface area contributed by atoms with Crippen molar-refractivity contribution >= 4 is 17.8 Å². The van der Waals surface area contributed by atoms with Crippen molar-refractivity contribution in [1.29, 1.82) is 0 Å². The molecule has 0 saturated carbocycles. The highest BCUT2D eigenvalue weighted by atomic mass is 16.5. The van der Waals surface area contributed by atoms with Crippen molar-refractivity contribution in [3.63, 3.8) is 0 Å². The molecular formula is C12H21NO6. The second-order valence-electron chi connectivity index (χ2n) is 4.16. The lowest BCUT2D eigenvalue weighted by Crippen LogP contribution is -2.47. The highest BCUT2D eigenvalue weighted by molar-refractivity contribution is 5.84. The Morgan fingerprint density at radius 1 is 1.26 bits per heavy atom. The van der Waals surface area contributed by atoms with Crippen LogP contribution in [0, 0.1) is 0 Å². The first-order chi connectivity index (χ1) is 8.93. The van der Waals surface area contributed by atoms with Crippen LogP contribution < -0.4 is 0 Å². The molecule has 0 aliphatic carbocycles. The molecule has 0 aromatic rings. The fourth-order valence-electron chi connectivity index (χ4n) is 1.69. The number of ether oxygens (including phenoxy) is 1. The summed E-state index contributed by atoms with van der Waals surface area (Å²) in [7, 11) is 1.33. The van der Waals surface area contributed by atoms with Gasteiger partial charge in [0.1, 0.15) is 12.6 Å². The lowest BCUT2D eigenvalue weighted by atomic mass is 10.1. The summed E-state index contributed by atoms with van der Waals surface area (Å²) >= 11 is 0. The second kappa shape index (κ2) is 9.32. The Kier molecular flexibility index (Phi) is 8.52. The van der Waals surface area contributed by atoms with Crippen LogP contribution in [0.15, 0.2) is 0 Å². The van der Waals surface area contributed by atoms with Crippen LogP contribution in [0.25, 0.3) is 0 Å². The van der Waals surface area contributed by atoms with Crippen molar-refractivity contribution < 1.29 is 29.3 Å². The number of amides is 1. The zero-order valence-electron chi connectivity index (χ0n) is 11.3. The maximum atomic E-state index is 11.8. The van der Waals surface area contributed by atoms with Gasteiger partial charge in [0.05, 0.1) is 6.42 Å². The van der Waals surface area contributed by atoms with Crippen LogP contribution in [0.2, 0.25) is 0 Å². The summed E-state index contributed by atoms with van der Waals surface area (Å²) in [5.74, 6) is -2.70. The Morgan fingerprint density at radius 3 is 2.32 bits per heavy atom. The zero-order chi connectivity index (χ0) is 14.8. The van der Waals surface area contributed by atoms with Gasteiger partial charge in [-0.1, -0.05) is 19.8 Å². The molecule has 0 aromatic heterocycles. The molecule has 0 radical (unpaired) electrons. The number of aliphatic carboxylic acids is 2. The summed E-state index contributed by atoms with van der Waals surface area (Å²) < 4.78 is 4.69. The number of carboxylic acid groups (broad SMARTS) is 2. The lowest BCUT2D eigenvalue weighted by Gasteiger charge is -2.28. The van der Waals surface area contributed by atoms with E-state index in [1.54, 1.807) is 0 Å². The van der Waals surface area contributed by atoms with E-state index in [4.69, 9.17) is 9.84 Å². The number of rotatable bonds is 10. The lowest BCUT2D eigenvalue weighted by molar-refractivity contribution is -0.153. The van der Waals surface area contributed by atoms with Crippen molar-refractivity contribution in [2.24, 2.45) is 0 Å². The van der Waals surface area contributed by atoms with Gasteiger partial charge in [-0.2, -0.15) is 0 Å². The van der Waals surface area contributed by atoms with Gasteiger partial charge in [0.25, 0.3) is 0 Å². The maximum Gasteiger partial charge on any atom is 0.326 e. The van der Waals surface area contributed by atoms with E-state index in [2.05, 4.69) is 0 Å². The first-order valence-electron chi connectivity index (χ1n) is 6.17. The second-order valence-corrected chi connectivity index (χ2v) is 4.16. The van der Waals surface area contributed by atoms with Crippen molar-refractivity contribution in [2.75, 3.05) is 20.3 Å². The van der Waals surface area contributed by atoms with Gasteiger partial charge in [-0.3, -0.25) is 9.59 Å². The molecule has 19 heavy (non-hydrogen) atoms. The summed E-state index contributed by atoms with van der Waals surface area (Å²) in [4.78, 5) is 34.7. The van der Waals surface area contributed by atoms with E-state index in [9.17, 15) is 19.5 Å². The van der Waals surface area contributed by atoms with Gasteiger partial charge in [-0.15, -0.1) is 0 Å². The van der Waals surface area contributed by atoms with Gasteiger partial charge in [0.2, 0.25) is 5.91 Å². The molecule has 0 aliphatic rings. The maximum absolute atomic E-state index is 11.8. The van der Waals surface area contributed by atoms with Crippen LogP contribution >= 0.6 is 0 Å². The molecule has 0 spiro atoms. The summed E-state index contributed by atoms with van der Waals surface area (Å²) in [6, 6.07) is -0.998. The predicted octanol–water partition coefficient (Wildman–Crippen LogP) is 0.580. The third-order valence-electron chi connectivity index (χ3n) is 2.65. The largest absolute Gasteiger partial charge is 0.481 e. The van der Waals surface area contributed by atoms with Gasteiger partial charge in [-0.05, 0) is 6.42 Å². The minimum absolute atomic E-state index is 0.127. The van der Waals surface area contributed by atoms with Crippen LogP contribution in [-0.4, -0.2) is 59.3 Å². The van der Waals surface area contributed by atoms with Crippen LogP contribution in [0.4, 0.5) is 0 Å². The Labute approximate surface area is 112 Å². The molecule has 0 bridgehead atoms. The van der Waals surface area contributed by atoms with Gasteiger partial charge in [-0.25, -0.2) is 4.79 Å². The molecule has 7 nitrogen and oxygen atoms in total. The van der Waals surface area contributed by atoms with Gasteiger partial charge < -0.3 is 19.8 Å². The van der Waals surface area contributed by atoms with E-state index in [1.807, 2.05) is 6.92 Å². The number of carbonyl (C=O) groups is 3. The SMILES string of the molecule is CCCCC(C(=O)O)N(CCC(=O)O)C(=O)COC. The molecule has 1 unspecified atom stereocenters. The Morgan fingerprint density at radius 2 is 1.89 bits per heavy atom. The van der Waals surface area contributed by atoms with Gasteiger partial charge in [0.15, 0.2) is 0 Å². The highest BCUT2D eigenvalue weighted by Gasteiger charge is 2.29. The Hall–Kier alpha value is -1.63. The number of methoxy groups -OCH3 is 1. The first-order valence-corrected chi connectivity index (χ1v) is 6.17. The molecule has 0 aromatic carbocycles. The molecule has 0 rings (SSSR count). The Bertz CT molecular complexity index is 317. The van der Waals surface area contributed by atoms with E-state index in [-0.39, 0.29) is 19.6 Å². The van der Waals surface area contributed by atoms with Crippen LogP contribution in [0.5, 0.6) is 0 Å². The monoisotopic (exact) mass is 275 g/mol. The minimum Gasteiger partial charge on any atom is -0.481 e. The third kappa shape index (κ3) is 6.76. The number of carboxylic acids is 2. The van der Waals surface area contributed by atoms with E-state index < -0.39 is 23.9 Å². The van der Waals surface area contributed by atoms with Gasteiger partial charge in [0, 0.05) is 13.7 Å². The normalized spacial score (nSPS) is 11.9. The molecule has 0 saturated heterocycles. The average molecular weight is 275 g/mol. The predicted molar refractivity (Wildman–Crippen MR) is 66.8 cm³/mol. The summed E-state index contributed by atoms with van der Waals surface area (Å²) in [6.07, 6.45) is 1.47. The van der Waals surface area contributed by atoms with Crippen molar-refractivity contribution in [3.05, 3.63) is 0 Å². The molecule has 2 N–H and O–H groups in total. The standard InChI is InChI=1S/C12H21NO6/c1-3-4-5-9(12(17)18)13(7-6-11(15)16)10(14)8-19-2/h9H,3-8H2,1-2H3,(H,15,16)(H,17,18). The fraction of sp³-hybridized carbons (Fsp3) is 0.750. The molecule has 0 heterocycles. The number of carbonyl (C=O) groups excluding carboxylic acids is 1. The average Bonchev–Trinajstić information content (AvgIpc) is 2.32. The van der Waals surface area contributed by atoms with Crippen molar-refractivity contribution in [1.82, 2.24) is 4.90 Å². The molecule has 110 valence electrons. The minimum atomic E-state index is -1.12. The summed E-state index contributed by atoms with van der Waals surface area (Å²) in [5, 5.41) is 17.8. The first kappa shape index (κ1) is 17.4. The molecule has 1 atom stereocenters. The third-order valence-corrected chi connectivity index (χ3v) is 2.65. The molecule has 0 aliphatic heterocycles. The number of hydrogen-bond donors (Lipinski definition) is 2. The summed E-state index contributed by atoms with van der Waals surface area (Å²) in [5.41, 5.74) is 0. The fourth-order valence-corrected chi connectivity index (χ4v) is 1.69. The highest BCUT2D eigenvalue weighted by Crippen LogP contribution is 2.11. The van der Waals surface area contributed by atoms with E-state index in [0.717, 1.165) is 11.3 Å². The van der Waals surface area contributed by atoms with Crippen LogP contribution in [0.3, 0.4) is 0 Å². The van der Waals surface area contributed by atoms with Gasteiger partial charge >= 0.3 is 11.9 Å². The van der Waals surface area contributed by atoms with Crippen molar-refractivity contribution in [3.8, 4) is 0 Å². The topological polar surface area (TPSA) is 104 Å². The summed E-state index contributed by atoms with van der Waals surface area (Å²) in [6.45, 7) is 1.53. The van der Waals surface area contributed by atoms with E-state index >= 15 is 0 Å².